The largest absolute Gasteiger partial charge is 0.488 e. The van der Waals surface area contributed by atoms with Gasteiger partial charge in [0.25, 0.3) is 0 Å². The van der Waals surface area contributed by atoms with Gasteiger partial charge in [0.05, 0.1) is 6.61 Å². The van der Waals surface area contributed by atoms with Crippen LogP contribution in [0.3, 0.4) is 0 Å². The molecule has 2 nitrogen and oxygen atoms in total. The second-order valence-corrected chi connectivity index (χ2v) is 3.15. The maximum Gasteiger partial charge on any atom is 0.124 e. The van der Waals surface area contributed by atoms with E-state index in [1.807, 2.05) is 6.92 Å². The van der Waals surface area contributed by atoms with Gasteiger partial charge < -0.3 is 9.47 Å². The molecule has 1 aliphatic rings. The third kappa shape index (κ3) is 2.18. The molecule has 2 rings (SSSR count). The summed E-state index contributed by atoms with van der Waals surface area (Å²) in [5, 5.41) is 0. The van der Waals surface area contributed by atoms with E-state index in [9.17, 15) is 4.39 Å². The molecule has 0 spiro atoms. The van der Waals surface area contributed by atoms with Crippen molar-refractivity contribution >= 4 is 0 Å². The molecule has 1 aliphatic heterocycles. The van der Waals surface area contributed by atoms with Gasteiger partial charge in [-0.15, -0.1) is 0 Å². The van der Waals surface area contributed by atoms with Crippen LogP contribution in [0.4, 0.5) is 4.39 Å². The molecule has 70 valence electrons. The third-order valence-corrected chi connectivity index (χ3v) is 2.02. The van der Waals surface area contributed by atoms with Crippen LogP contribution >= 0.6 is 0 Å². The summed E-state index contributed by atoms with van der Waals surface area (Å²) < 4.78 is 23.1. The topological polar surface area (TPSA) is 21.8 Å². The Morgan fingerprint density at radius 1 is 1.46 bits per heavy atom. The average Bonchev–Trinajstić information content (AvgIpc) is 2.91. The van der Waals surface area contributed by atoms with Gasteiger partial charge in [-0.05, 0) is 31.2 Å². The first-order valence-electron chi connectivity index (χ1n) is 4.29. The van der Waals surface area contributed by atoms with Crippen LogP contribution in [0.5, 0.6) is 5.75 Å². The lowest BCUT2D eigenvalue weighted by Gasteiger charge is -2.11. The van der Waals surface area contributed by atoms with Crippen LogP contribution in [0.1, 0.15) is 6.92 Å². The number of ether oxygens (including phenoxy) is 2. The molecule has 1 heterocycles. The van der Waals surface area contributed by atoms with Gasteiger partial charge in [0, 0.05) is 0 Å². The molecule has 3 heteroatoms. The molecule has 0 bridgehead atoms. The fourth-order valence-electron chi connectivity index (χ4n) is 1.13. The van der Waals surface area contributed by atoms with E-state index >= 15 is 0 Å². The number of halogens is 1. The Labute approximate surface area is 76.3 Å². The summed E-state index contributed by atoms with van der Waals surface area (Å²) in [5.41, 5.74) is 0. The van der Waals surface area contributed by atoms with Crippen LogP contribution in [-0.4, -0.2) is 18.8 Å². The molecule has 0 amide bonds. The van der Waals surface area contributed by atoms with E-state index in [2.05, 4.69) is 0 Å². The maximum absolute atomic E-state index is 12.5. The molecule has 0 aliphatic carbocycles. The Bertz CT molecular complexity index is 279. The van der Waals surface area contributed by atoms with E-state index in [0.717, 1.165) is 6.61 Å². The van der Waals surface area contributed by atoms with Crippen LogP contribution in [0.25, 0.3) is 0 Å². The molecule has 13 heavy (non-hydrogen) atoms. The SMILES string of the molecule is CC(Oc1ccc(F)cc1)C1CO1. The standard InChI is InChI=1S/C10H11FO2/c1-7(10-6-12-10)13-9-4-2-8(11)3-5-9/h2-5,7,10H,6H2,1H3. The fraction of sp³-hybridized carbons (Fsp3) is 0.400. The van der Waals surface area contributed by atoms with Crippen molar-refractivity contribution < 1.29 is 13.9 Å². The zero-order chi connectivity index (χ0) is 9.26. The molecule has 1 aromatic carbocycles. The Kier molecular flexibility index (Phi) is 2.19. The Balaban J connectivity index is 1.96. The normalized spacial score (nSPS) is 22.5. The summed E-state index contributed by atoms with van der Waals surface area (Å²) in [7, 11) is 0. The zero-order valence-corrected chi connectivity index (χ0v) is 7.37. The number of benzene rings is 1. The fourth-order valence-corrected chi connectivity index (χ4v) is 1.13. The quantitative estimate of drug-likeness (QED) is 0.667. The smallest absolute Gasteiger partial charge is 0.124 e. The molecule has 0 radical (unpaired) electrons. The molecule has 2 atom stereocenters. The first kappa shape index (κ1) is 8.51. The average molecular weight is 182 g/mol. The monoisotopic (exact) mass is 182 g/mol. The zero-order valence-electron chi connectivity index (χ0n) is 7.37. The van der Waals surface area contributed by atoms with E-state index in [-0.39, 0.29) is 18.0 Å². The van der Waals surface area contributed by atoms with Crippen molar-refractivity contribution in [2.45, 2.75) is 19.1 Å². The predicted molar refractivity (Wildman–Crippen MR) is 46.2 cm³/mol. The predicted octanol–water partition coefficient (Wildman–Crippen LogP) is 1.99. The minimum absolute atomic E-state index is 0.0467. The summed E-state index contributed by atoms with van der Waals surface area (Å²) in [6.45, 7) is 2.71. The van der Waals surface area contributed by atoms with E-state index in [0.29, 0.717) is 5.75 Å². The van der Waals surface area contributed by atoms with Crippen LogP contribution in [0.15, 0.2) is 24.3 Å². The lowest BCUT2D eigenvalue weighted by molar-refractivity contribution is 0.176. The highest BCUT2D eigenvalue weighted by atomic mass is 19.1. The molecule has 0 aromatic heterocycles. The number of epoxide rings is 1. The van der Waals surface area contributed by atoms with E-state index in [1.165, 1.54) is 12.1 Å². The van der Waals surface area contributed by atoms with Crippen LogP contribution in [-0.2, 0) is 4.74 Å². The van der Waals surface area contributed by atoms with Gasteiger partial charge >= 0.3 is 0 Å². The highest BCUT2D eigenvalue weighted by molar-refractivity contribution is 5.22. The van der Waals surface area contributed by atoms with Crippen LogP contribution < -0.4 is 4.74 Å². The van der Waals surface area contributed by atoms with E-state index in [4.69, 9.17) is 9.47 Å². The first-order chi connectivity index (χ1) is 6.25. The van der Waals surface area contributed by atoms with Crippen molar-refractivity contribution in [1.29, 1.82) is 0 Å². The van der Waals surface area contributed by atoms with Gasteiger partial charge in [0.15, 0.2) is 0 Å². The van der Waals surface area contributed by atoms with Crippen molar-refractivity contribution in [3.8, 4) is 5.75 Å². The van der Waals surface area contributed by atoms with Crippen molar-refractivity contribution in [2.24, 2.45) is 0 Å². The molecular formula is C10H11FO2. The summed E-state index contributed by atoms with van der Waals surface area (Å²) in [4.78, 5) is 0. The van der Waals surface area contributed by atoms with E-state index < -0.39 is 0 Å². The maximum atomic E-state index is 12.5. The second-order valence-electron chi connectivity index (χ2n) is 3.15. The molecule has 1 fully saturated rings. The molecule has 0 saturated carbocycles. The van der Waals surface area contributed by atoms with Crippen LogP contribution in [0, 0.1) is 5.82 Å². The first-order valence-corrected chi connectivity index (χ1v) is 4.29. The Morgan fingerprint density at radius 3 is 2.62 bits per heavy atom. The van der Waals surface area contributed by atoms with Gasteiger partial charge in [0.2, 0.25) is 0 Å². The lowest BCUT2D eigenvalue weighted by Crippen LogP contribution is -2.18. The van der Waals surface area contributed by atoms with Gasteiger partial charge in [-0.1, -0.05) is 0 Å². The highest BCUT2D eigenvalue weighted by Gasteiger charge is 2.30. The number of hydrogen-bond donors (Lipinski definition) is 0. The van der Waals surface area contributed by atoms with Crippen molar-refractivity contribution in [2.75, 3.05) is 6.61 Å². The third-order valence-electron chi connectivity index (χ3n) is 2.02. The van der Waals surface area contributed by atoms with E-state index in [1.54, 1.807) is 12.1 Å². The van der Waals surface area contributed by atoms with Crippen molar-refractivity contribution in [1.82, 2.24) is 0 Å². The molecular weight excluding hydrogens is 171 g/mol. The van der Waals surface area contributed by atoms with Gasteiger partial charge in [-0.3, -0.25) is 0 Å². The lowest BCUT2D eigenvalue weighted by atomic mass is 10.3. The summed E-state index contributed by atoms with van der Waals surface area (Å²) in [6, 6.07) is 6.01. The molecule has 1 aromatic rings. The summed E-state index contributed by atoms with van der Waals surface area (Å²) in [6.07, 6.45) is 0.260. The summed E-state index contributed by atoms with van der Waals surface area (Å²) >= 11 is 0. The molecule has 1 saturated heterocycles. The number of hydrogen-bond acceptors (Lipinski definition) is 2. The Hall–Kier alpha value is -1.09. The van der Waals surface area contributed by atoms with Crippen molar-refractivity contribution in [3.05, 3.63) is 30.1 Å². The van der Waals surface area contributed by atoms with Gasteiger partial charge in [0.1, 0.15) is 23.8 Å². The minimum atomic E-state index is -0.248. The Morgan fingerprint density at radius 2 is 2.08 bits per heavy atom. The van der Waals surface area contributed by atoms with Gasteiger partial charge in [-0.2, -0.15) is 0 Å². The van der Waals surface area contributed by atoms with Crippen molar-refractivity contribution in [3.63, 3.8) is 0 Å². The molecule has 0 N–H and O–H groups in total. The minimum Gasteiger partial charge on any atom is -0.488 e. The summed E-state index contributed by atoms with van der Waals surface area (Å²) in [5.74, 6) is 0.437. The number of rotatable bonds is 3. The van der Waals surface area contributed by atoms with Gasteiger partial charge in [-0.25, -0.2) is 4.39 Å². The second kappa shape index (κ2) is 3.34. The van der Waals surface area contributed by atoms with Crippen LogP contribution in [0.2, 0.25) is 0 Å². The highest BCUT2D eigenvalue weighted by Crippen LogP contribution is 2.20. The molecule has 2 unspecified atom stereocenters.